The first-order valence-corrected chi connectivity index (χ1v) is 6.12. The van der Waals surface area contributed by atoms with Gasteiger partial charge in [-0.3, -0.25) is 0 Å². The fourth-order valence-corrected chi connectivity index (χ4v) is 2.22. The molecule has 0 bridgehead atoms. The van der Waals surface area contributed by atoms with Gasteiger partial charge in [0, 0.05) is 17.7 Å². The molecule has 1 aromatic rings. The van der Waals surface area contributed by atoms with Gasteiger partial charge in [-0.1, -0.05) is 19.9 Å². The first-order valence-electron chi connectivity index (χ1n) is 6.12. The summed E-state index contributed by atoms with van der Waals surface area (Å²) in [7, 11) is 0. The lowest BCUT2D eigenvalue weighted by Crippen LogP contribution is -2.23. The molecule has 2 N–H and O–H groups in total. The highest BCUT2D eigenvalue weighted by molar-refractivity contribution is 5.29. The maximum absolute atomic E-state index is 13.6. The zero-order valence-corrected chi connectivity index (χ0v) is 10.6. The van der Waals surface area contributed by atoms with Gasteiger partial charge in [-0.05, 0) is 37.3 Å². The predicted molar refractivity (Wildman–Crippen MR) is 66.4 cm³/mol. The van der Waals surface area contributed by atoms with Gasteiger partial charge in [0.05, 0.1) is 0 Å². The molecular weight excluding hydrogens is 217 g/mol. The Hall–Kier alpha value is -1.09. The van der Waals surface area contributed by atoms with Crippen LogP contribution in [-0.4, -0.2) is 11.7 Å². The Morgan fingerprint density at radius 1 is 1.53 bits per heavy atom. The van der Waals surface area contributed by atoms with Crippen molar-refractivity contribution in [3.8, 4) is 5.75 Å². The highest BCUT2D eigenvalue weighted by Gasteiger charge is 2.44. The molecule has 1 aromatic carbocycles. The molecule has 2 atom stereocenters. The minimum Gasteiger partial charge on any atom is -0.508 e. The molecule has 0 aliphatic heterocycles. The standard InChI is InChI=1S/C14H20FNO/c1-9(16-8-10-7-14(10,2)3)12-5-4-11(17)6-13(12)15/h4-6,9-10,16-17H,7-8H2,1-3H3. The number of halogens is 1. The smallest absolute Gasteiger partial charge is 0.131 e. The molecule has 2 unspecified atom stereocenters. The molecule has 2 nitrogen and oxygen atoms in total. The monoisotopic (exact) mass is 237 g/mol. The fraction of sp³-hybridized carbons (Fsp3) is 0.571. The van der Waals surface area contributed by atoms with Crippen molar-refractivity contribution in [1.82, 2.24) is 5.32 Å². The van der Waals surface area contributed by atoms with E-state index in [4.69, 9.17) is 5.11 Å². The van der Waals surface area contributed by atoms with Crippen LogP contribution in [0.4, 0.5) is 4.39 Å². The first-order chi connectivity index (χ1) is 7.90. The Morgan fingerprint density at radius 3 is 2.71 bits per heavy atom. The molecule has 0 saturated heterocycles. The minimum absolute atomic E-state index is 0.0213. The molecule has 1 aliphatic carbocycles. The van der Waals surface area contributed by atoms with E-state index in [9.17, 15) is 4.39 Å². The van der Waals surface area contributed by atoms with Crippen molar-refractivity contribution in [2.45, 2.75) is 33.2 Å². The summed E-state index contributed by atoms with van der Waals surface area (Å²) < 4.78 is 13.6. The van der Waals surface area contributed by atoms with E-state index in [1.807, 2.05) is 6.92 Å². The third-order valence-electron chi connectivity index (χ3n) is 3.84. The van der Waals surface area contributed by atoms with Crippen molar-refractivity contribution in [3.05, 3.63) is 29.6 Å². The normalized spacial score (nSPS) is 23.4. The van der Waals surface area contributed by atoms with Gasteiger partial charge in [0.15, 0.2) is 0 Å². The van der Waals surface area contributed by atoms with Crippen LogP contribution < -0.4 is 5.32 Å². The Kier molecular flexibility index (Phi) is 3.13. The maximum Gasteiger partial charge on any atom is 0.131 e. The number of nitrogens with one attached hydrogen (secondary N) is 1. The maximum atomic E-state index is 13.6. The van der Waals surface area contributed by atoms with Crippen LogP contribution in [0.1, 0.15) is 38.8 Å². The number of aromatic hydroxyl groups is 1. The van der Waals surface area contributed by atoms with E-state index in [1.165, 1.54) is 12.5 Å². The van der Waals surface area contributed by atoms with Gasteiger partial charge >= 0.3 is 0 Å². The number of benzene rings is 1. The van der Waals surface area contributed by atoms with E-state index >= 15 is 0 Å². The topological polar surface area (TPSA) is 32.3 Å². The molecule has 0 radical (unpaired) electrons. The van der Waals surface area contributed by atoms with Crippen LogP contribution in [0.5, 0.6) is 5.75 Å². The lowest BCUT2D eigenvalue weighted by atomic mass is 10.1. The summed E-state index contributed by atoms with van der Waals surface area (Å²) >= 11 is 0. The summed E-state index contributed by atoms with van der Waals surface area (Å²) in [6.07, 6.45) is 1.24. The van der Waals surface area contributed by atoms with E-state index in [0.717, 1.165) is 12.6 Å². The zero-order valence-electron chi connectivity index (χ0n) is 10.6. The van der Waals surface area contributed by atoms with E-state index in [-0.39, 0.29) is 17.6 Å². The van der Waals surface area contributed by atoms with Crippen LogP contribution in [0.3, 0.4) is 0 Å². The summed E-state index contributed by atoms with van der Waals surface area (Å²) in [5.41, 5.74) is 1.06. The van der Waals surface area contributed by atoms with Crippen LogP contribution in [-0.2, 0) is 0 Å². The van der Waals surface area contributed by atoms with Crippen molar-refractivity contribution in [3.63, 3.8) is 0 Å². The molecule has 94 valence electrons. The average molecular weight is 237 g/mol. The SMILES string of the molecule is CC(NCC1CC1(C)C)c1ccc(O)cc1F. The second-order valence-corrected chi connectivity index (χ2v) is 5.73. The largest absolute Gasteiger partial charge is 0.508 e. The molecule has 0 heterocycles. The fourth-order valence-electron chi connectivity index (χ4n) is 2.22. The van der Waals surface area contributed by atoms with Gasteiger partial charge in [-0.25, -0.2) is 4.39 Å². The highest BCUT2D eigenvalue weighted by Crippen LogP contribution is 2.51. The van der Waals surface area contributed by atoms with E-state index in [1.54, 1.807) is 6.07 Å². The summed E-state index contributed by atoms with van der Waals surface area (Å²) in [6, 6.07) is 4.30. The minimum atomic E-state index is -0.347. The quantitative estimate of drug-likeness (QED) is 0.842. The van der Waals surface area contributed by atoms with Crippen LogP contribution >= 0.6 is 0 Å². The van der Waals surface area contributed by atoms with Crippen LogP contribution in [0.2, 0.25) is 0 Å². The predicted octanol–water partition coefficient (Wildman–Crippen LogP) is 3.23. The third kappa shape index (κ3) is 2.78. The van der Waals surface area contributed by atoms with Crippen LogP contribution in [0, 0.1) is 17.2 Å². The number of phenols is 1. The summed E-state index contributed by atoms with van der Waals surface area (Å²) in [4.78, 5) is 0. The molecule has 0 spiro atoms. The number of rotatable bonds is 4. The number of hydrogen-bond donors (Lipinski definition) is 2. The Labute approximate surface area is 102 Å². The van der Waals surface area contributed by atoms with Crippen LogP contribution in [0.15, 0.2) is 18.2 Å². The molecule has 3 heteroatoms. The van der Waals surface area contributed by atoms with Crippen molar-refractivity contribution in [2.75, 3.05) is 6.54 Å². The Bertz CT molecular complexity index is 417. The van der Waals surface area contributed by atoms with E-state index in [2.05, 4.69) is 19.2 Å². The second-order valence-electron chi connectivity index (χ2n) is 5.73. The molecule has 0 amide bonds. The molecule has 17 heavy (non-hydrogen) atoms. The molecule has 1 aliphatic rings. The first kappa shape index (κ1) is 12.4. The molecule has 1 fully saturated rings. The summed E-state index contributed by atoms with van der Waals surface area (Å²) in [5.74, 6) is 0.326. The van der Waals surface area contributed by atoms with Gasteiger partial charge in [-0.2, -0.15) is 0 Å². The van der Waals surface area contributed by atoms with Gasteiger partial charge in [0.1, 0.15) is 11.6 Å². The zero-order chi connectivity index (χ0) is 12.6. The van der Waals surface area contributed by atoms with E-state index in [0.29, 0.717) is 16.9 Å². The summed E-state index contributed by atoms with van der Waals surface area (Å²) in [5, 5.41) is 12.5. The van der Waals surface area contributed by atoms with Crippen LogP contribution in [0.25, 0.3) is 0 Å². The van der Waals surface area contributed by atoms with Gasteiger partial charge in [0.2, 0.25) is 0 Å². The number of hydrogen-bond acceptors (Lipinski definition) is 2. The number of phenolic OH excluding ortho intramolecular Hbond substituents is 1. The molecular formula is C14H20FNO. The average Bonchev–Trinajstić information content (AvgIpc) is 2.83. The van der Waals surface area contributed by atoms with Crippen molar-refractivity contribution < 1.29 is 9.50 Å². The highest BCUT2D eigenvalue weighted by atomic mass is 19.1. The third-order valence-corrected chi connectivity index (χ3v) is 3.84. The van der Waals surface area contributed by atoms with Crippen molar-refractivity contribution in [2.24, 2.45) is 11.3 Å². The van der Waals surface area contributed by atoms with E-state index < -0.39 is 0 Å². The van der Waals surface area contributed by atoms with Gasteiger partial charge in [0.25, 0.3) is 0 Å². The van der Waals surface area contributed by atoms with Crippen molar-refractivity contribution >= 4 is 0 Å². The molecule has 1 saturated carbocycles. The lowest BCUT2D eigenvalue weighted by molar-refractivity contribution is 0.456. The lowest BCUT2D eigenvalue weighted by Gasteiger charge is -2.15. The second kappa shape index (κ2) is 4.30. The Morgan fingerprint density at radius 2 is 2.18 bits per heavy atom. The van der Waals surface area contributed by atoms with Gasteiger partial charge < -0.3 is 10.4 Å². The van der Waals surface area contributed by atoms with Crippen molar-refractivity contribution in [1.29, 1.82) is 0 Å². The van der Waals surface area contributed by atoms with Gasteiger partial charge in [-0.15, -0.1) is 0 Å². The Balaban J connectivity index is 1.93. The summed E-state index contributed by atoms with van der Waals surface area (Å²) in [6.45, 7) is 7.38. The molecule has 0 aromatic heterocycles. The molecule has 2 rings (SSSR count).